The van der Waals surface area contributed by atoms with Gasteiger partial charge < -0.3 is 19.9 Å². The van der Waals surface area contributed by atoms with Crippen molar-refractivity contribution < 1.29 is 9.90 Å². The minimum atomic E-state index is -0.998. The van der Waals surface area contributed by atoms with Gasteiger partial charge in [0, 0.05) is 26.3 Å². The van der Waals surface area contributed by atoms with Gasteiger partial charge in [0.2, 0.25) is 0 Å². The summed E-state index contributed by atoms with van der Waals surface area (Å²) in [5.74, 6) is -0.303. The van der Waals surface area contributed by atoms with Crippen molar-refractivity contribution in [2.24, 2.45) is 7.05 Å². The van der Waals surface area contributed by atoms with Crippen LogP contribution in [-0.4, -0.2) is 53.3 Å². The van der Waals surface area contributed by atoms with Crippen molar-refractivity contribution >= 4 is 5.91 Å². The van der Waals surface area contributed by atoms with Crippen LogP contribution < -0.4 is 5.32 Å². The predicted octanol–water partition coefficient (Wildman–Crippen LogP) is -0.0608. The first kappa shape index (κ1) is 15.2. The van der Waals surface area contributed by atoms with Crippen molar-refractivity contribution in [1.29, 1.82) is 5.26 Å². The van der Waals surface area contributed by atoms with E-state index in [0.717, 1.165) is 0 Å². The number of hydrogen-bond acceptors (Lipinski definition) is 4. The number of rotatable bonds is 5. The fourth-order valence-corrected chi connectivity index (χ4v) is 1.95. The van der Waals surface area contributed by atoms with Crippen LogP contribution in [0.1, 0.15) is 23.0 Å². The Morgan fingerprint density at radius 3 is 2.74 bits per heavy atom. The van der Waals surface area contributed by atoms with Gasteiger partial charge in [0.25, 0.3) is 5.91 Å². The zero-order valence-electron chi connectivity index (χ0n) is 11.8. The number of nitrogens with one attached hydrogen (secondary N) is 1. The van der Waals surface area contributed by atoms with Crippen LogP contribution in [0.2, 0.25) is 0 Å². The first-order chi connectivity index (χ1) is 8.75. The lowest BCUT2D eigenvalue weighted by molar-refractivity contribution is 0.0324. The van der Waals surface area contributed by atoms with Crippen molar-refractivity contribution in [3.05, 3.63) is 23.5 Å². The highest BCUT2D eigenvalue weighted by atomic mass is 16.3. The van der Waals surface area contributed by atoms with Crippen LogP contribution >= 0.6 is 0 Å². The zero-order valence-corrected chi connectivity index (χ0v) is 11.8. The lowest BCUT2D eigenvalue weighted by Gasteiger charge is -2.27. The Hall–Kier alpha value is -1.84. The molecule has 104 valence electrons. The number of hydrogen-bond donors (Lipinski definition) is 2. The SMILES string of the molecule is CN(C)C[C@](C)(O)CNC(=O)c1cc(C#N)cn1C. The normalized spacial score (nSPS) is 13.9. The monoisotopic (exact) mass is 264 g/mol. The van der Waals surface area contributed by atoms with E-state index in [2.05, 4.69) is 5.32 Å². The fraction of sp³-hybridized carbons (Fsp3) is 0.538. The first-order valence-electron chi connectivity index (χ1n) is 5.97. The highest BCUT2D eigenvalue weighted by Gasteiger charge is 2.23. The molecule has 0 fully saturated rings. The molecular formula is C13H20N4O2. The van der Waals surface area contributed by atoms with Crippen molar-refractivity contribution in [2.75, 3.05) is 27.2 Å². The van der Waals surface area contributed by atoms with Crippen LogP contribution in [0.15, 0.2) is 12.3 Å². The Balaban J connectivity index is 2.65. The molecule has 0 aliphatic heterocycles. The molecule has 0 aromatic carbocycles. The molecule has 0 spiro atoms. The Labute approximate surface area is 113 Å². The van der Waals surface area contributed by atoms with Crippen molar-refractivity contribution in [3.63, 3.8) is 0 Å². The summed E-state index contributed by atoms with van der Waals surface area (Å²) < 4.78 is 1.59. The maximum atomic E-state index is 12.0. The van der Waals surface area contributed by atoms with Gasteiger partial charge in [0.05, 0.1) is 11.2 Å². The van der Waals surface area contributed by atoms with E-state index in [1.165, 1.54) is 6.07 Å². The van der Waals surface area contributed by atoms with E-state index in [0.29, 0.717) is 17.8 Å². The third kappa shape index (κ3) is 4.39. The molecule has 1 amide bonds. The molecule has 0 aliphatic rings. The molecule has 0 aliphatic carbocycles. The topological polar surface area (TPSA) is 81.3 Å². The molecule has 1 aromatic rings. The highest BCUT2D eigenvalue weighted by molar-refractivity contribution is 5.93. The summed E-state index contributed by atoms with van der Waals surface area (Å²) in [6.45, 7) is 2.26. The van der Waals surface area contributed by atoms with Gasteiger partial charge in [0.15, 0.2) is 0 Å². The second kappa shape index (κ2) is 5.87. The Morgan fingerprint density at radius 1 is 1.63 bits per heavy atom. The molecular weight excluding hydrogens is 244 g/mol. The molecule has 1 aromatic heterocycles. The smallest absolute Gasteiger partial charge is 0.268 e. The Kier molecular flexibility index (Phi) is 4.70. The molecule has 0 radical (unpaired) electrons. The average molecular weight is 264 g/mol. The van der Waals surface area contributed by atoms with E-state index in [-0.39, 0.29) is 12.5 Å². The van der Waals surface area contributed by atoms with Gasteiger partial charge in [-0.05, 0) is 27.1 Å². The van der Waals surface area contributed by atoms with Gasteiger partial charge in [-0.3, -0.25) is 4.79 Å². The number of aromatic nitrogens is 1. The van der Waals surface area contributed by atoms with Crippen molar-refractivity contribution in [1.82, 2.24) is 14.8 Å². The molecule has 0 bridgehead atoms. The number of nitriles is 1. The Morgan fingerprint density at radius 2 is 2.26 bits per heavy atom. The van der Waals surface area contributed by atoms with Crippen LogP contribution in [0.25, 0.3) is 0 Å². The number of likely N-dealkylation sites (N-methyl/N-ethyl adjacent to an activating group) is 1. The van der Waals surface area contributed by atoms with Gasteiger partial charge in [-0.15, -0.1) is 0 Å². The van der Waals surface area contributed by atoms with Gasteiger partial charge in [-0.1, -0.05) is 0 Å². The maximum Gasteiger partial charge on any atom is 0.268 e. The minimum absolute atomic E-state index is 0.150. The van der Waals surface area contributed by atoms with E-state index in [9.17, 15) is 9.90 Å². The molecule has 2 N–H and O–H groups in total. The highest BCUT2D eigenvalue weighted by Crippen LogP contribution is 2.07. The zero-order chi connectivity index (χ0) is 14.6. The van der Waals surface area contributed by atoms with E-state index in [1.54, 1.807) is 24.7 Å². The predicted molar refractivity (Wildman–Crippen MR) is 71.6 cm³/mol. The third-order valence-electron chi connectivity index (χ3n) is 2.65. The second-order valence-electron chi connectivity index (χ2n) is 5.25. The van der Waals surface area contributed by atoms with Crippen LogP contribution in [0.5, 0.6) is 0 Å². The number of aliphatic hydroxyl groups is 1. The average Bonchev–Trinajstić information content (AvgIpc) is 2.66. The van der Waals surface area contributed by atoms with E-state index >= 15 is 0 Å². The lowest BCUT2D eigenvalue weighted by Crippen LogP contribution is -2.47. The number of nitrogens with zero attached hydrogens (tertiary/aromatic N) is 3. The fourth-order valence-electron chi connectivity index (χ4n) is 1.95. The van der Waals surface area contributed by atoms with Crippen molar-refractivity contribution in [3.8, 4) is 6.07 Å². The minimum Gasteiger partial charge on any atom is -0.387 e. The number of carbonyl (C=O) groups excluding carboxylic acids is 1. The van der Waals surface area contributed by atoms with Crippen LogP contribution in [0.4, 0.5) is 0 Å². The molecule has 6 nitrogen and oxygen atoms in total. The molecule has 0 saturated carbocycles. The number of amides is 1. The number of aryl methyl sites for hydroxylation is 1. The maximum absolute atomic E-state index is 12.0. The third-order valence-corrected chi connectivity index (χ3v) is 2.65. The molecule has 1 atom stereocenters. The molecule has 0 saturated heterocycles. The number of carbonyl (C=O) groups is 1. The van der Waals surface area contributed by atoms with Gasteiger partial charge >= 0.3 is 0 Å². The van der Waals surface area contributed by atoms with E-state index < -0.39 is 5.60 Å². The molecule has 1 heterocycles. The summed E-state index contributed by atoms with van der Waals surface area (Å²) in [5.41, 5.74) is -0.160. The quantitative estimate of drug-likeness (QED) is 0.780. The van der Waals surface area contributed by atoms with Crippen LogP contribution in [0.3, 0.4) is 0 Å². The van der Waals surface area contributed by atoms with E-state index in [1.807, 2.05) is 25.1 Å². The standard InChI is InChI=1S/C13H20N4O2/c1-13(19,9-16(2)3)8-15-12(18)11-5-10(6-14)7-17(11)4/h5,7,19H,8-9H2,1-4H3,(H,15,18)/t13-/m1/s1. The van der Waals surface area contributed by atoms with Gasteiger partial charge in [-0.25, -0.2) is 0 Å². The summed E-state index contributed by atoms with van der Waals surface area (Å²) in [4.78, 5) is 13.8. The summed E-state index contributed by atoms with van der Waals surface area (Å²) in [7, 11) is 5.41. The van der Waals surface area contributed by atoms with E-state index in [4.69, 9.17) is 5.26 Å². The Bertz CT molecular complexity index is 497. The van der Waals surface area contributed by atoms with Gasteiger partial charge in [-0.2, -0.15) is 5.26 Å². The lowest BCUT2D eigenvalue weighted by atomic mass is 10.1. The molecule has 19 heavy (non-hydrogen) atoms. The second-order valence-corrected chi connectivity index (χ2v) is 5.25. The van der Waals surface area contributed by atoms with Crippen LogP contribution in [0, 0.1) is 11.3 Å². The molecule has 6 heteroatoms. The summed E-state index contributed by atoms with van der Waals surface area (Å²) >= 11 is 0. The summed E-state index contributed by atoms with van der Waals surface area (Å²) in [6, 6.07) is 3.51. The summed E-state index contributed by atoms with van der Waals surface area (Å²) in [6.07, 6.45) is 1.59. The van der Waals surface area contributed by atoms with Crippen LogP contribution in [-0.2, 0) is 7.05 Å². The first-order valence-corrected chi connectivity index (χ1v) is 5.97. The summed E-state index contributed by atoms with van der Waals surface area (Å²) in [5, 5.41) is 21.5. The van der Waals surface area contributed by atoms with Crippen molar-refractivity contribution in [2.45, 2.75) is 12.5 Å². The molecule has 1 rings (SSSR count). The van der Waals surface area contributed by atoms with Gasteiger partial charge in [0.1, 0.15) is 11.8 Å². The largest absolute Gasteiger partial charge is 0.387 e. The molecule has 0 unspecified atom stereocenters.